The molecule has 22 heavy (non-hydrogen) atoms. The van der Waals surface area contributed by atoms with Crippen molar-refractivity contribution in [2.24, 2.45) is 11.8 Å². The van der Waals surface area contributed by atoms with Crippen molar-refractivity contribution in [3.63, 3.8) is 0 Å². The number of aryl methyl sites for hydroxylation is 1. The largest absolute Gasteiger partial charge is 0.328 e. The third kappa shape index (κ3) is 2.83. The van der Waals surface area contributed by atoms with Crippen LogP contribution in [0.1, 0.15) is 57.7 Å². The van der Waals surface area contributed by atoms with Crippen molar-refractivity contribution >= 4 is 6.03 Å². The molecule has 6 heteroatoms. The second kappa shape index (κ2) is 5.89. The number of nitrogens with one attached hydrogen (secondary N) is 1. The number of urea groups is 1. The van der Waals surface area contributed by atoms with E-state index in [1.165, 1.54) is 12.8 Å². The third-order valence-corrected chi connectivity index (χ3v) is 5.10. The number of nitrogens with zero attached hydrogens (tertiary/aromatic N) is 4. The lowest BCUT2D eigenvalue weighted by Crippen LogP contribution is -2.46. The number of fused-ring (bicyclic) bond motifs is 1. The second-order valence-corrected chi connectivity index (χ2v) is 7.09. The summed E-state index contributed by atoms with van der Waals surface area (Å²) in [5, 5.41) is 11.8. The lowest BCUT2D eigenvalue weighted by molar-refractivity contribution is 0.179. The Balaban J connectivity index is 1.72. The van der Waals surface area contributed by atoms with E-state index in [-0.39, 0.29) is 18.0 Å². The van der Waals surface area contributed by atoms with Crippen LogP contribution in [0.5, 0.6) is 0 Å². The smallest absolute Gasteiger partial charge is 0.317 e. The van der Waals surface area contributed by atoms with Crippen LogP contribution in [0.3, 0.4) is 0 Å². The molecule has 0 unspecified atom stereocenters. The van der Waals surface area contributed by atoms with Crippen molar-refractivity contribution in [1.82, 2.24) is 25.0 Å². The van der Waals surface area contributed by atoms with Gasteiger partial charge in [0.2, 0.25) is 0 Å². The van der Waals surface area contributed by atoms with Gasteiger partial charge in [-0.1, -0.05) is 13.8 Å². The van der Waals surface area contributed by atoms with Crippen molar-refractivity contribution in [2.75, 3.05) is 7.05 Å². The number of rotatable bonds is 5. The predicted molar refractivity (Wildman–Crippen MR) is 84.4 cm³/mol. The van der Waals surface area contributed by atoms with E-state index < -0.39 is 0 Å². The Morgan fingerprint density at radius 1 is 1.32 bits per heavy atom. The van der Waals surface area contributed by atoms with Crippen LogP contribution in [-0.4, -0.2) is 38.8 Å². The lowest BCUT2D eigenvalue weighted by Gasteiger charge is -2.29. The van der Waals surface area contributed by atoms with Gasteiger partial charge in [0.25, 0.3) is 0 Å². The summed E-state index contributed by atoms with van der Waals surface area (Å²) in [5.74, 6) is 2.91. The van der Waals surface area contributed by atoms with Gasteiger partial charge in [-0.2, -0.15) is 0 Å². The first-order valence-corrected chi connectivity index (χ1v) is 8.44. The van der Waals surface area contributed by atoms with Gasteiger partial charge in [-0.3, -0.25) is 0 Å². The van der Waals surface area contributed by atoms with E-state index >= 15 is 0 Å². The molecule has 1 aromatic rings. The molecule has 0 radical (unpaired) electrons. The Labute approximate surface area is 132 Å². The fourth-order valence-electron chi connectivity index (χ4n) is 3.25. The van der Waals surface area contributed by atoms with E-state index in [0.717, 1.165) is 31.0 Å². The van der Waals surface area contributed by atoms with Gasteiger partial charge in [-0.05, 0) is 38.0 Å². The summed E-state index contributed by atoms with van der Waals surface area (Å²) < 4.78 is 2.18. The molecule has 1 aliphatic carbocycles. The number of carbonyl (C=O) groups excluding carboxylic acids is 1. The Hall–Kier alpha value is -1.59. The summed E-state index contributed by atoms with van der Waals surface area (Å²) in [6.45, 7) is 7.33. The molecule has 2 heterocycles. The molecule has 1 aromatic heterocycles. The van der Waals surface area contributed by atoms with Crippen molar-refractivity contribution in [1.29, 1.82) is 0 Å². The normalized spacial score (nSPS) is 19.9. The van der Waals surface area contributed by atoms with Crippen molar-refractivity contribution in [3.05, 3.63) is 11.6 Å². The van der Waals surface area contributed by atoms with Crippen LogP contribution in [0, 0.1) is 11.8 Å². The highest BCUT2D eigenvalue weighted by Crippen LogP contribution is 2.35. The minimum Gasteiger partial charge on any atom is -0.328 e. The highest BCUT2D eigenvalue weighted by atomic mass is 16.2. The van der Waals surface area contributed by atoms with Crippen LogP contribution < -0.4 is 5.32 Å². The average molecular weight is 305 g/mol. The lowest BCUT2D eigenvalue weighted by atomic mass is 10.0. The molecule has 2 aliphatic rings. The van der Waals surface area contributed by atoms with E-state index in [9.17, 15) is 4.79 Å². The number of hydrogen-bond acceptors (Lipinski definition) is 3. The van der Waals surface area contributed by atoms with Crippen LogP contribution in [-0.2, 0) is 13.0 Å². The van der Waals surface area contributed by atoms with Crippen LogP contribution in [0.15, 0.2) is 0 Å². The van der Waals surface area contributed by atoms with E-state index in [0.29, 0.717) is 12.0 Å². The summed E-state index contributed by atoms with van der Waals surface area (Å²) in [5.41, 5.74) is 0. The number of carbonyl (C=O) groups is 1. The predicted octanol–water partition coefficient (Wildman–Crippen LogP) is 2.36. The van der Waals surface area contributed by atoms with Gasteiger partial charge in [0.1, 0.15) is 5.82 Å². The molecular weight excluding hydrogens is 278 g/mol. The Morgan fingerprint density at radius 3 is 2.68 bits per heavy atom. The molecule has 2 amide bonds. The monoisotopic (exact) mass is 305 g/mol. The molecule has 1 aliphatic heterocycles. The topological polar surface area (TPSA) is 63.1 Å². The van der Waals surface area contributed by atoms with Crippen LogP contribution in [0.25, 0.3) is 0 Å². The van der Waals surface area contributed by atoms with E-state index in [1.807, 2.05) is 11.9 Å². The van der Waals surface area contributed by atoms with E-state index in [1.54, 1.807) is 0 Å². The van der Waals surface area contributed by atoms with Gasteiger partial charge < -0.3 is 14.8 Å². The minimum absolute atomic E-state index is 0.00607. The Bertz CT molecular complexity index is 549. The Kier molecular flexibility index (Phi) is 4.10. The maximum atomic E-state index is 12.6. The van der Waals surface area contributed by atoms with Gasteiger partial charge in [0.05, 0.1) is 6.04 Å². The van der Waals surface area contributed by atoms with Crippen LogP contribution in [0.4, 0.5) is 4.79 Å². The van der Waals surface area contributed by atoms with Crippen molar-refractivity contribution in [2.45, 2.75) is 65.1 Å². The molecule has 1 N–H and O–H groups in total. The highest BCUT2D eigenvalue weighted by molar-refractivity contribution is 5.74. The number of hydrogen-bond donors (Lipinski definition) is 1. The molecule has 3 rings (SSSR count). The number of aromatic nitrogens is 3. The summed E-state index contributed by atoms with van der Waals surface area (Å²) in [4.78, 5) is 14.4. The van der Waals surface area contributed by atoms with Gasteiger partial charge in [0, 0.05) is 26.1 Å². The summed E-state index contributed by atoms with van der Waals surface area (Å²) in [6, 6.07) is 0.214. The molecule has 0 saturated heterocycles. The molecular formula is C16H27N5O. The summed E-state index contributed by atoms with van der Waals surface area (Å²) in [6.07, 6.45) is 4.59. The van der Waals surface area contributed by atoms with Gasteiger partial charge >= 0.3 is 6.03 Å². The fourth-order valence-corrected chi connectivity index (χ4v) is 3.25. The highest BCUT2D eigenvalue weighted by Gasteiger charge is 2.34. The first-order valence-electron chi connectivity index (χ1n) is 8.44. The molecule has 1 fully saturated rings. The quantitative estimate of drug-likeness (QED) is 0.908. The first-order chi connectivity index (χ1) is 10.5. The fraction of sp³-hybridized carbons (Fsp3) is 0.812. The molecule has 0 bridgehead atoms. The van der Waals surface area contributed by atoms with Crippen molar-refractivity contribution in [3.8, 4) is 0 Å². The molecule has 1 saturated carbocycles. The molecule has 6 nitrogen and oxygen atoms in total. The minimum atomic E-state index is -0.0827. The second-order valence-electron chi connectivity index (χ2n) is 7.09. The van der Waals surface area contributed by atoms with Gasteiger partial charge in [-0.15, -0.1) is 10.2 Å². The standard InChI is InChI=1S/C16H27N5O/c1-10(2)14(15-19-18-13-6-5-9-21(13)15)17-16(22)20(4)11(3)12-7-8-12/h10-12,14H,5-9H2,1-4H3,(H,17,22)/t11-,14+/m1/s1. The molecule has 0 aromatic carbocycles. The van der Waals surface area contributed by atoms with Crippen LogP contribution >= 0.6 is 0 Å². The zero-order valence-corrected chi connectivity index (χ0v) is 14.0. The molecule has 0 spiro atoms. The van der Waals surface area contributed by atoms with Gasteiger partial charge in [0.15, 0.2) is 5.82 Å². The van der Waals surface area contributed by atoms with Gasteiger partial charge in [-0.25, -0.2) is 4.79 Å². The third-order valence-electron chi connectivity index (χ3n) is 5.10. The summed E-state index contributed by atoms with van der Waals surface area (Å²) >= 11 is 0. The van der Waals surface area contributed by atoms with E-state index in [2.05, 4.69) is 40.9 Å². The Morgan fingerprint density at radius 2 is 2.05 bits per heavy atom. The summed E-state index contributed by atoms with van der Waals surface area (Å²) in [7, 11) is 1.89. The number of amides is 2. The van der Waals surface area contributed by atoms with Crippen molar-refractivity contribution < 1.29 is 4.79 Å². The average Bonchev–Trinajstić information content (AvgIpc) is 3.10. The first kappa shape index (κ1) is 15.3. The zero-order valence-electron chi connectivity index (χ0n) is 14.0. The van der Waals surface area contributed by atoms with Crippen LogP contribution in [0.2, 0.25) is 0 Å². The zero-order chi connectivity index (χ0) is 15.9. The SMILES string of the molecule is CC(C)[C@H](NC(=O)N(C)[C@H](C)C1CC1)c1nnc2n1CCC2. The maximum absolute atomic E-state index is 12.6. The van der Waals surface area contributed by atoms with E-state index in [4.69, 9.17) is 0 Å². The molecule has 122 valence electrons. The maximum Gasteiger partial charge on any atom is 0.317 e. The molecule has 2 atom stereocenters.